The van der Waals surface area contributed by atoms with Crippen LogP contribution >= 0.6 is 0 Å². The molecule has 6 aliphatic carbocycles. The molecule has 6 saturated carbocycles. The highest BCUT2D eigenvalue weighted by atomic mass is 16.6. The molecule has 4 nitrogen and oxygen atoms in total. The number of carbonyl (C=O) groups is 2. The quantitative estimate of drug-likeness (QED) is 0.320. The molecule has 0 radical (unpaired) electrons. The number of amides is 1. The molecule has 6 rings (SSSR count). The smallest absolute Gasteiger partial charge is 0.306 e. The molecular formula is C27H41NO3. The van der Waals surface area contributed by atoms with Gasteiger partial charge in [-0.25, -0.2) is 0 Å². The van der Waals surface area contributed by atoms with Gasteiger partial charge in [0.2, 0.25) is 5.91 Å². The van der Waals surface area contributed by atoms with Gasteiger partial charge < -0.3 is 10.1 Å². The van der Waals surface area contributed by atoms with E-state index < -0.39 is 0 Å². The van der Waals surface area contributed by atoms with Crippen LogP contribution in [0.1, 0.15) is 90.9 Å². The summed E-state index contributed by atoms with van der Waals surface area (Å²) in [6.07, 6.45) is 14.0. The van der Waals surface area contributed by atoms with Crippen molar-refractivity contribution in [2.24, 2.45) is 40.9 Å². The van der Waals surface area contributed by atoms with Crippen LogP contribution in [0.5, 0.6) is 0 Å². The minimum atomic E-state index is -0.165. The van der Waals surface area contributed by atoms with E-state index in [0.717, 1.165) is 30.6 Å². The van der Waals surface area contributed by atoms with Gasteiger partial charge in [0.05, 0.1) is 0 Å². The number of nitrogens with one attached hydrogen (secondary N) is 1. The second kappa shape index (κ2) is 7.92. The van der Waals surface area contributed by atoms with Crippen molar-refractivity contribution in [3.8, 4) is 0 Å². The number of unbranched alkanes of at least 4 members (excludes halogenated alkanes) is 1. The molecule has 5 unspecified atom stereocenters. The van der Waals surface area contributed by atoms with Gasteiger partial charge in [0, 0.05) is 36.3 Å². The molecular weight excluding hydrogens is 386 g/mol. The summed E-state index contributed by atoms with van der Waals surface area (Å²) in [6, 6.07) is 0. The Morgan fingerprint density at radius 2 is 1.74 bits per heavy atom. The summed E-state index contributed by atoms with van der Waals surface area (Å²) < 4.78 is 6.72. The molecule has 0 aromatic carbocycles. The van der Waals surface area contributed by atoms with E-state index in [9.17, 15) is 9.59 Å². The Morgan fingerprint density at radius 3 is 2.32 bits per heavy atom. The average molecular weight is 428 g/mol. The molecule has 0 aromatic heterocycles. The average Bonchev–Trinajstić information content (AvgIpc) is 3.33. The van der Waals surface area contributed by atoms with Crippen LogP contribution in [0, 0.1) is 40.9 Å². The van der Waals surface area contributed by atoms with E-state index in [1.54, 1.807) is 6.92 Å². The van der Waals surface area contributed by atoms with Crippen LogP contribution in [0.3, 0.4) is 0 Å². The van der Waals surface area contributed by atoms with Gasteiger partial charge in [0.1, 0.15) is 5.60 Å². The summed E-state index contributed by atoms with van der Waals surface area (Å²) in [6.45, 7) is 8.48. The third-order valence-corrected chi connectivity index (χ3v) is 9.86. The Kier molecular flexibility index (Phi) is 5.50. The van der Waals surface area contributed by atoms with Crippen LogP contribution < -0.4 is 5.32 Å². The number of rotatable bonds is 8. The molecule has 0 aromatic rings. The van der Waals surface area contributed by atoms with Gasteiger partial charge in [0.15, 0.2) is 0 Å². The maximum absolute atomic E-state index is 13.2. The van der Waals surface area contributed by atoms with Crippen LogP contribution in [-0.4, -0.2) is 24.0 Å². The summed E-state index contributed by atoms with van der Waals surface area (Å²) >= 11 is 0. The summed E-state index contributed by atoms with van der Waals surface area (Å²) in [7, 11) is 0. The van der Waals surface area contributed by atoms with Crippen LogP contribution in [0.25, 0.3) is 0 Å². The fourth-order valence-corrected chi connectivity index (χ4v) is 9.03. The summed E-state index contributed by atoms with van der Waals surface area (Å²) in [5, 5.41) is 2.86. The standard InChI is InChI=1S/C27H41NO3/c1-17(2)25(30)28-9-5-4-6-24(29)31-27(23-13-18-7-8-20(23)10-18)21-11-19-12-22(27)16-26(3,14-19)15-21/h18-23H,1,4-16H2,2-3H3,(H,28,30). The van der Waals surface area contributed by atoms with Crippen molar-refractivity contribution in [3.05, 3.63) is 12.2 Å². The van der Waals surface area contributed by atoms with E-state index in [2.05, 4.69) is 18.8 Å². The maximum Gasteiger partial charge on any atom is 0.306 e. The number of carbonyl (C=O) groups excluding carboxylic acids is 2. The largest absolute Gasteiger partial charge is 0.458 e. The molecule has 6 aliphatic rings. The van der Waals surface area contributed by atoms with Gasteiger partial charge in [-0.15, -0.1) is 0 Å². The summed E-state index contributed by atoms with van der Waals surface area (Å²) in [5.74, 6) is 4.26. The van der Waals surface area contributed by atoms with E-state index in [1.165, 1.54) is 57.8 Å². The summed E-state index contributed by atoms with van der Waals surface area (Å²) in [4.78, 5) is 24.8. The predicted octanol–water partition coefficient (Wildman–Crippen LogP) is 5.41. The molecule has 4 heteroatoms. The van der Waals surface area contributed by atoms with E-state index in [1.807, 2.05) is 0 Å². The van der Waals surface area contributed by atoms with E-state index in [0.29, 0.717) is 41.7 Å². The molecule has 6 fully saturated rings. The zero-order chi connectivity index (χ0) is 21.8. The SMILES string of the molecule is C=C(C)C(=O)NCCCCC(=O)OC1(C2CC3CCC2C3)C2CC3CC1CC(C)(C3)C2. The van der Waals surface area contributed by atoms with Gasteiger partial charge >= 0.3 is 5.97 Å². The lowest BCUT2D eigenvalue weighted by Gasteiger charge is -2.66. The second-order valence-corrected chi connectivity index (χ2v) is 12.3. The van der Waals surface area contributed by atoms with Crippen molar-refractivity contribution in [2.75, 3.05) is 6.54 Å². The Labute approximate surface area is 187 Å². The normalized spacial score (nSPS) is 44.5. The zero-order valence-corrected chi connectivity index (χ0v) is 19.6. The Morgan fingerprint density at radius 1 is 1.00 bits per heavy atom. The van der Waals surface area contributed by atoms with Gasteiger partial charge in [-0.1, -0.05) is 19.9 Å². The molecule has 1 amide bonds. The fraction of sp³-hybridized carbons (Fsp3) is 0.852. The van der Waals surface area contributed by atoms with Crippen LogP contribution in [0.15, 0.2) is 12.2 Å². The molecule has 0 saturated heterocycles. The van der Waals surface area contributed by atoms with Crippen molar-refractivity contribution < 1.29 is 14.3 Å². The predicted molar refractivity (Wildman–Crippen MR) is 121 cm³/mol. The van der Waals surface area contributed by atoms with Gasteiger partial charge in [-0.05, 0) is 94.3 Å². The summed E-state index contributed by atoms with van der Waals surface area (Å²) in [5.41, 5.74) is 0.857. The van der Waals surface area contributed by atoms with Crippen LogP contribution in [0.4, 0.5) is 0 Å². The first-order chi connectivity index (χ1) is 14.8. The first-order valence-electron chi connectivity index (χ1n) is 12.9. The fourth-order valence-electron chi connectivity index (χ4n) is 9.03. The van der Waals surface area contributed by atoms with E-state index in [-0.39, 0.29) is 17.5 Å². The molecule has 172 valence electrons. The van der Waals surface area contributed by atoms with Crippen molar-refractivity contribution in [1.82, 2.24) is 5.32 Å². The highest BCUT2D eigenvalue weighted by molar-refractivity contribution is 5.92. The molecule has 0 heterocycles. The Hall–Kier alpha value is -1.32. The number of ether oxygens (including phenoxy) is 1. The monoisotopic (exact) mass is 427 g/mol. The number of fused-ring (bicyclic) bond motifs is 2. The molecule has 1 N–H and O–H groups in total. The van der Waals surface area contributed by atoms with E-state index in [4.69, 9.17) is 4.74 Å². The molecule has 0 spiro atoms. The third kappa shape index (κ3) is 3.76. The Bertz CT molecular complexity index is 742. The number of hydrogen-bond acceptors (Lipinski definition) is 3. The molecule has 31 heavy (non-hydrogen) atoms. The van der Waals surface area contributed by atoms with E-state index >= 15 is 0 Å². The maximum atomic E-state index is 13.2. The lowest BCUT2D eigenvalue weighted by atomic mass is 9.42. The van der Waals surface area contributed by atoms with Crippen LogP contribution in [0.2, 0.25) is 0 Å². The molecule has 0 aliphatic heterocycles. The van der Waals surface area contributed by atoms with Crippen molar-refractivity contribution in [2.45, 2.75) is 96.5 Å². The minimum absolute atomic E-state index is 0.0200. The second-order valence-electron chi connectivity index (χ2n) is 12.3. The number of esters is 1. The lowest BCUT2D eigenvalue weighted by molar-refractivity contribution is -0.248. The third-order valence-electron chi connectivity index (χ3n) is 9.86. The highest BCUT2D eigenvalue weighted by Crippen LogP contribution is 2.69. The van der Waals surface area contributed by atoms with Gasteiger partial charge in [-0.3, -0.25) is 9.59 Å². The number of hydrogen-bond donors (Lipinski definition) is 1. The lowest BCUT2D eigenvalue weighted by Crippen LogP contribution is -2.66. The highest BCUT2D eigenvalue weighted by Gasteiger charge is 2.67. The molecule has 6 bridgehead atoms. The first-order valence-corrected chi connectivity index (χ1v) is 12.9. The van der Waals surface area contributed by atoms with Crippen molar-refractivity contribution in [3.63, 3.8) is 0 Å². The van der Waals surface area contributed by atoms with Crippen molar-refractivity contribution >= 4 is 11.9 Å². The zero-order valence-electron chi connectivity index (χ0n) is 19.6. The minimum Gasteiger partial charge on any atom is -0.458 e. The van der Waals surface area contributed by atoms with Gasteiger partial charge in [-0.2, -0.15) is 0 Å². The van der Waals surface area contributed by atoms with Crippen molar-refractivity contribution in [1.29, 1.82) is 0 Å². The van der Waals surface area contributed by atoms with Crippen LogP contribution in [-0.2, 0) is 14.3 Å². The Balaban J connectivity index is 1.25. The molecule has 5 atom stereocenters. The first kappa shape index (κ1) is 21.5. The van der Waals surface area contributed by atoms with Gasteiger partial charge in [0.25, 0.3) is 0 Å². The topological polar surface area (TPSA) is 55.4 Å².